The number of hydrogen-bond donors (Lipinski definition) is 3. The van der Waals surface area contributed by atoms with Gasteiger partial charge in [-0.3, -0.25) is 4.98 Å². The highest BCUT2D eigenvalue weighted by Gasteiger charge is 2.24. The molecule has 0 aliphatic carbocycles. The van der Waals surface area contributed by atoms with E-state index in [2.05, 4.69) is 76.8 Å². The first-order chi connectivity index (χ1) is 22.6. The predicted molar refractivity (Wildman–Crippen MR) is 189 cm³/mol. The Balaban J connectivity index is 1.05. The quantitative estimate of drug-likeness (QED) is 0.191. The normalized spacial score (nSPS) is 15.0. The van der Waals surface area contributed by atoms with E-state index >= 15 is 0 Å². The van der Waals surface area contributed by atoms with E-state index in [4.69, 9.17) is 16.3 Å². The monoisotopic (exact) mass is 653 g/mol. The van der Waals surface area contributed by atoms with Crippen LogP contribution in [0.5, 0.6) is 5.75 Å². The maximum Gasteiger partial charge on any atom is 0.321 e. The lowest BCUT2D eigenvalue weighted by atomic mass is 9.86. The molecule has 4 heterocycles. The molecule has 6 bridgehead atoms. The van der Waals surface area contributed by atoms with Crippen LogP contribution < -0.4 is 20.7 Å². The molecule has 0 unspecified atom stereocenters. The van der Waals surface area contributed by atoms with Crippen LogP contribution in [-0.2, 0) is 19.3 Å². The van der Waals surface area contributed by atoms with E-state index < -0.39 is 0 Å². The highest BCUT2D eigenvalue weighted by molar-refractivity contribution is 6.32. The van der Waals surface area contributed by atoms with Crippen molar-refractivity contribution in [2.45, 2.75) is 66.2 Å². The molecule has 0 spiro atoms. The number of urea groups is 1. The van der Waals surface area contributed by atoms with Gasteiger partial charge in [-0.25, -0.2) is 9.78 Å². The van der Waals surface area contributed by atoms with E-state index in [0.29, 0.717) is 29.3 Å². The number of carbonyl (C=O) groups excluding carboxylic acids is 1. The molecule has 2 aromatic carbocycles. The summed E-state index contributed by atoms with van der Waals surface area (Å²) in [5.41, 5.74) is 7.44. The van der Waals surface area contributed by atoms with E-state index in [1.807, 2.05) is 35.4 Å². The minimum atomic E-state index is -0.0135. The highest BCUT2D eigenvalue weighted by Crippen LogP contribution is 2.31. The van der Waals surface area contributed by atoms with Gasteiger partial charge in [0.05, 0.1) is 24.7 Å². The smallest absolute Gasteiger partial charge is 0.321 e. The topological polar surface area (TPSA) is 104 Å². The molecule has 6 rings (SSSR count). The first-order valence-electron chi connectivity index (χ1n) is 16.5. The standard InChI is InChI=1S/C37H44ClN7O2/c1-24-28(20-37(2,3)4)6-5-7-32(24)43-36(46)45-15-12-25(13-16-45)14-17-47-33-11-10-29-19-27(33)9-8-26-18-30(22-39-21-26)42-35-40-23-31(38)34(41-29)44-35/h5-7,10-11,18-19,21-23,25H,8-9,12-17,20H2,1-4H3,(H,43,46)(H2,40,41,42,44). The fourth-order valence-corrected chi connectivity index (χ4v) is 6.42. The summed E-state index contributed by atoms with van der Waals surface area (Å²) in [6.07, 6.45) is 10.7. The summed E-state index contributed by atoms with van der Waals surface area (Å²) >= 11 is 6.42. The molecule has 1 fully saturated rings. The van der Waals surface area contributed by atoms with Crippen molar-refractivity contribution in [2.24, 2.45) is 11.3 Å². The summed E-state index contributed by atoms with van der Waals surface area (Å²) < 4.78 is 6.40. The number of piperidine rings is 1. The molecule has 1 saturated heterocycles. The van der Waals surface area contributed by atoms with Gasteiger partial charge in [-0.2, -0.15) is 4.98 Å². The van der Waals surface area contributed by atoms with Gasteiger partial charge in [-0.15, -0.1) is 0 Å². The molecule has 2 amide bonds. The van der Waals surface area contributed by atoms with Crippen LogP contribution in [0, 0.1) is 18.3 Å². The fourth-order valence-electron chi connectivity index (χ4n) is 6.28. The Morgan fingerprint density at radius 2 is 1.87 bits per heavy atom. The molecule has 10 heteroatoms. The average molecular weight is 654 g/mol. The molecule has 0 atom stereocenters. The van der Waals surface area contributed by atoms with Crippen LogP contribution in [0.3, 0.4) is 0 Å². The summed E-state index contributed by atoms with van der Waals surface area (Å²) in [4.78, 5) is 28.4. The largest absolute Gasteiger partial charge is 0.493 e. The SMILES string of the molecule is Cc1c(CC(C)(C)C)cccc1NC(=O)N1CCC(CCOc2ccc3cc2CCc2cncc(c2)Nc2ncc(Cl)c(n2)N3)CC1. The highest BCUT2D eigenvalue weighted by atomic mass is 35.5. The minimum Gasteiger partial charge on any atom is -0.493 e. The lowest BCUT2D eigenvalue weighted by Gasteiger charge is -2.32. The first kappa shape index (κ1) is 32.6. The Labute approximate surface area is 282 Å². The van der Waals surface area contributed by atoms with Crippen molar-refractivity contribution < 1.29 is 9.53 Å². The lowest BCUT2D eigenvalue weighted by molar-refractivity contribution is 0.170. The zero-order chi connectivity index (χ0) is 33.0. The Morgan fingerprint density at radius 1 is 1.04 bits per heavy atom. The number of halogens is 1. The zero-order valence-corrected chi connectivity index (χ0v) is 28.5. The number of benzene rings is 2. The molecule has 4 aromatic rings. The van der Waals surface area contributed by atoms with Gasteiger partial charge in [0.2, 0.25) is 5.95 Å². The summed E-state index contributed by atoms with van der Waals surface area (Å²) in [6, 6.07) is 14.4. The van der Waals surface area contributed by atoms with Crippen molar-refractivity contribution >= 4 is 46.5 Å². The number of nitrogens with one attached hydrogen (secondary N) is 3. The van der Waals surface area contributed by atoms with Crippen LogP contribution in [0.25, 0.3) is 0 Å². The van der Waals surface area contributed by atoms with Gasteiger partial charge in [0.25, 0.3) is 0 Å². The maximum atomic E-state index is 13.2. The number of rotatable bonds is 6. The number of hydrogen-bond acceptors (Lipinski definition) is 7. The average Bonchev–Trinajstić information content (AvgIpc) is 3.04. The van der Waals surface area contributed by atoms with Crippen LogP contribution in [0.1, 0.15) is 62.3 Å². The predicted octanol–water partition coefficient (Wildman–Crippen LogP) is 8.72. The third-order valence-electron chi connectivity index (χ3n) is 8.90. The molecule has 2 aliphatic heterocycles. The third kappa shape index (κ3) is 8.51. The number of pyridine rings is 1. The number of anilines is 5. The van der Waals surface area contributed by atoms with Gasteiger partial charge in [0, 0.05) is 30.7 Å². The van der Waals surface area contributed by atoms with Gasteiger partial charge in [-0.05, 0) is 109 Å². The van der Waals surface area contributed by atoms with Crippen molar-refractivity contribution in [2.75, 3.05) is 35.6 Å². The van der Waals surface area contributed by atoms with E-state index in [1.165, 1.54) is 5.56 Å². The van der Waals surface area contributed by atoms with Gasteiger partial charge < -0.3 is 25.6 Å². The number of aromatic nitrogens is 3. The second-order valence-electron chi connectivity index (χ2n) is 13.9. The molecule has 9 nitrogen and oxygen atoms in total. The van der Waals surface area contributed by atoms with Crippen LogP contribution in [0.4, 0.5) is 33.6 Å². The molecule has 3 N–H and O–H groups in total. The van der Waals surface area contributed by atoms with E-state index in [-0.39, 0.29) is 11.4 Å². The van der Waals surface area contributed by atoms with Gasteiger partial charge >= 0.3 is 6.03 Å². The van der Waals surface area contributed by atoms with Crippen LogP contribution >= 0.6 is 11.6 Å². The van der Waals surface area contributed by atoms with Crippen molar-refractivity contribution in [3.63, 3.8) is 0 Å². The summed E-state index contributed by atoms with van der Waals surface area (Å²) in [5.74, 6) is 2.36. The first-order valence-corrected chi connectivity index (χ1v) is 16.9. The number of aryl methyl sites for hydroxylation is 2. The fraction of sp³-hybridized carbons (Fsp3) is 0.405. The second kappa shape index (κ2) is 14.2. The molecule has 2 aromatic heterocycles. The van der Waals surface area contributed by atoms with E-state index in [1.54, 1.807) is 12.4 Å². The number of fused-ring (bicyclic) bond motifs is 6. The molecule has 0 radical (unpaired) electrons. The van der Waals surface area contributed by atoms with Crippen molar-refractivity contribution in [1.82, 2.24) is 19.9 Å². The number of nitrogens with zero attached hydrogens (tertiary/aromatic N) is 4. The van der Waals surface area contributed by atoms with Crippen molar-refractivity contribution in [1.29, 1.82) is 0 Å². The number of ether oxygens (including phenoxy) is 1. The van der Waals surface area contributed by atoms with Crippen molar-refractivity contribution in [3.05, 3.63) is 88.3 Å². The molecular formula is C37H44ClN7O2. The van der Waals surface area contributed by atoms with Gasteiger partial charge in [0.15, 0.2) is 5.82 Å². The summed E-state index contributed by atoms with van der Waals surface area (Å²) in [6.45, 7) is 10.9. The Kier molecular flexibility index (Phi) is 9.82. The molecular weight excluding hydrogens is 610 g/mol. The Hall–Kier alpha value is -4.37. The van der Waals surface area contributed by atoms with E-state index in [9.17, 15) is 4.79 Å². The second-order valence-corrected chi connectivity index (χ2v) is 14.3. The molecule has 246 valence electrons. The van der Waals surface area contributed by atoms with Crippen molar-refractivity contribution in [3.8, 4) is 5.75 Å². The summed E-state index contributed by atoms with van der Waals surface area (Å²) in [5, 5.41) is 10.2. The van der Waals surface area contributed by atoms with Crippen LogP contribution in [0.15, 0.2) is 61.1 Å². The molecule has 0 saturated carbocycles. The van der Waals surface area contributed by atoms with Crippen LogP contribution in [0.2, 0.25) is 5.02 Å². The van der Waals surface area contributed by atoms with E-state index in [0.717, 1.165) is 91.1 Å². The summed E-state index contributed by atoms with van der Waals surface area (Å²) in [7, 11) is 0. The Morgan fingerprint density at radius 3 is 2.68 bits per heavy atom. The van der Waals surface area contributed by atoms with Gasteiger partial charge in [0.1, 0.15) is 10.8 Å². The Bertz CT molecular complexity index is 1730. The lowest BCUT2D eigenvalue weighted by Crippen LogP contribution is -2.41. The number of likely N-dealkylation sites (tertiary alicyclic amines) is 1. The number of amides is 2. The number of carbonyl (C=O) groups is 1. The molecule has 47 heavy (non-hydrogen) atoms. The van der Waals surface area contributed by atoms with Gasteiger partial charge in [-0.1, -0.05) is 44.5 Å². The zero-order valence-electron chi connectivity index (χ0n) is 27.7. The molecule has 2 aliphatic rings. The third-order valence-corrected chi connectivity index (χ3v) is 9.17. The minimum absolute atomic E-state index is 0.0135. The van der Waals surface area contributed by atoms with Crippen LogP contribution in [-0.4, -0.2) is 45.6 Å². The maximum absolute atomic E-state index is 13.2.